The molecule has 0 spiro atoms. The predicted molar refractivity (Wildman–Crippen MR) is 62.6 cm³/mol. The lowest BCUT2D eigenvalue weighted by molar-refractivity contribution is 0.449. The van der Waals surface area contributed by atoms with E-state index in [2.05, 4.69) is 25.3 Å². The van der Waals surface area contributed by atoms with Crippen molar-refractivity contribution in [2.24, 2.45) is 5.73 Å². The van der Waals surface area contributed by atoms with E-state index in [-0.39, 0.29) is 18.2 Å². The van der Waals surface area contributed by atoms with Crippen LogP contribution in [-0.4, -0.2) is 11.7 Å². The second kappa shape index (κ2) is 5.65. The number of hydrogen-bond acceptors (Lipinski definition) is 4. The molecule has 0 aliphatic carbocycles. The third-order valence-electron chi connectivity index (χ3n) is 1.56. The number of benzene rings is 1. The van der Waals surface area contributed by atoms with Gasteiger partial charge in [0, 0.05) is 9.79 Å². The van der Waals surface area contributed by atoms with Gasteiger partial charge < -0.3 is 10.8 Å². The molecule has 0 heterocycles. The van der Waals surface area contributed by atoms with Crippen molar-refractivity contribution in [1.82, 2.24) is 0 Å². The van der Waals surface area contributed by atoms with Gasteiger partial charge in [0.2, 0.25) is 0 Å². The zero-order chi connectivity index (χ0) is 9.14. The molecule has 0 aliphatic rings. The first-order valence-electron chi connectivity index (χ1n) is 3.59. The Morgan fingerprint density at radius 1 is 1.23 bits per heavy atom. The lowest BCUT2D eigenvalue weighted by Crippen LogP contribution is -2.02. The fraction of sp³-hybridized carbons (Fsp3) is 0.250. The van der Waals surface area contributed by atoms with Crippen molar-refractivity contribution in [3.63, 3.8) is 0 Å². The van der Waals surface area contributed by atoms with Crippen LogP contribution in [0.25, 0.3) is 0 Å². The van der Waals surface area contributed by atoms with E-state index in [0.29, 0.717) is 16.3 Å². The van der Waals surface area contributed by atoms with E-state index in [1.807, 2.05) is 0 Å². The van der Waals surface area contributed by atoms with Crippen LogP contribution in [0.5, 0.6) is 5.75 Å². The van der Waals surface area contributed by atoms with Crippen LogP contribution in [0.1, 0.15) is 5.56 Å². The van der Waals surface area contributed by atoms with E-state index in [1.165, 1.54) is 0 Å². The van der Waals surface area contributed by atoms with Crippen molar-refractivity contribution in [2.45, 2.75) is 16.2 Å². The number of rotatable bonds is 2. The second-order valence-electron chi connectivity index (χ2n) is 2.52. The number of phenolic OH excluding ortho intramolecular Hbond substituents is 1. The fourth-order valence-electron chi connectivity index (χ4n) is 0.972. The summed E-state index contributed by atoms with van der Waals surface area (Å²) >= 11 is 8.18. The van der Waals surface area contributed by atoms with Crippen LogP contribution in [0, 0.1) is 0 Å². The van der Waals surface area contributed by atoms with Crippen LogP contribution < -0.4 is 5.73 Å². The summed E-state index contributed by atoms with van der Waals surface area (Å²) in [6.45, 7) is 0.589. The highest BCUT2D eigenvalue weighted by Gasteiger charge is 2.03. The number of nitrogens with two attached hydrogens (primary N) is 1. The number of phenols is 1. The first-order valence-corrected chi connectivity index (χ1v) is 4.48. The first kappa shape index (κ1) is 13.0. The Morgan fingerprint density at radius 2 is 1.69 bits per heavy atom. The van der Waals surface area contributed by atoms with Gasteiger partial charge in [0.15, 0.2) is 0 Å². The minimum absolute atomic E-state index is 0. The summed E-state index contributed by atoms with van der Waals surface area (Å²) in [7, 11) is 0. The molecular formula is C8H12ClNOS2. The second-order valence-corrected chi connectivity index (χ2v) is 3.48. The minimum atomic E-state index is 0. The van der Waals surface area contributed by atoms with Gasteiger partial charge in [-0.3, -0.25) is 0 Å². The molecule has 1 aromatic rings. The van der Waals surface area contributed by atoms with Crippen LogP contribution in [0.15, 0.2) is 21.9 Å². The zero-order valence-electron chi connectivity index (χ0n) is 6.90. The quantitative estimate of drug-likeness (QED) is 0.594. The monoisotopic (exact) mass is 237 g/mol. The molecule has 0 fully saturated rings. The molecule has 0 aromatic heterocycles. The Hall–Kier alpha value is -0.0300. The van der Waals surface area contributed by atoms with E-state index in [4.69, 9.17) is 5.73 Å². The van der Waals surface area contributed by atoms with Crippen molar-refractivity contribution in [3.05, 3.63) is 17.7 Å². The van der Waals surface area contributed by atoms with E-state index in [9.17, 15) is 5.11 Å². The summed E-state index contributed by atoms with van der Waals surface area (Å²) in [5.41, 5.74) is 6.43. The Kier molecular flexibility index (Phi) is 5.64. The maximum absolute atomic E-state index is 9.31. The van der Waals surface area contributed by atoms with Gasteiger partial charge in [-0.2, -0.15) is 0 Å². The van der Waals surface area contributed by atoms with Crippen molar-refractivity contribution >= 4 is 37.7 Å². The van der Waals surface area contributed by atoms with Gasteiger partial charge >= 0.3 is 0 Å². The maximum Gasteiger partial charge on any atom is 0.142 e. The topological polar surface area (TPSA) is 46.2 Å². The molecule has 13 heavy (non-hydrogen) atoms. The van der Waals surface area contributed by atoms with Crippen molar-refractivity contribution in [2.75, 3.05) is 6.54 Å². The van der Waals surface area contributed by atoms with Crippen LogP contribution in [-0.2, 0) is 6.42 Å². The molecule has 74 valence electrons. The average Bonchev–Trinajstić information content (AvgIpc) is 2.01. The maximum atomic E-state index is 9.31. The molecule has 0 saturated heterocycles. The van der Waals surface area contributed by atoms with E-state index < -0.39 is 0 Å². The lowest BCUT2D eigenvalue weighted by atomic mass is 10.1. The summed E-state index contributed by atoms with van der Waals surface area (Å²) < 4.78 is 0. The Labute approximate surface area is 94.8 Å². The highest BCUT2D eigenvalue weighted by Crippen LogP contribution is 2.30. The van der Waals surface area contributed by atoms with Crippen LogP contribution in [0.2, 0.25) is 0 Å². The number of hydrogen-bond donors (Lipinski definition) is 4. The zero-order valence-corrected chi connectivity index (χ0v) is 9.50. The smallest absolute Gasteiger partial charge is 0.142 e. The van der Waals surface area contributed by atoms with Gasteiger partial charge in [-0.25, -0.2) is 0 Å². The molecule has 0 saturated carbocycles. The molecule has 0 unspecified atom stereocenters. The molecule has 1 rings (SSSR count). The van der Waals surface area contributed by atoms with Gasteiger partial charge in [-0.1, -0.05) is 0 Å². The largest absolute Gasteiger partial charge is 0.506 e. The predicted octanol–water partition coefficient (Wildman–Crippen LogP) is 1.89. The average molecular weight is 238 g/mol. The number of aromatic hydroxyl groups is 1. The lowest BCUT2D eigenvalue weighted by Gasteiger charge is -2.05. The van der Waals surface area contributed by atoms with E-state index >= 15 is 0 Å². The van der Waals surface area contributed by atoms with Gasteiger partial charge in [-0.15, -0.1) is 37.7 Å². The normalized spacial score (nSPS) is 9.46. The standard InChI is InChI=1S/C8H11NOS2.ClH/c9-2-1-5-3-6(11)8(10)7(12)4-5;/h3-4,10-12H,1-2,9H2;1H. The van der Waals surface area contributed by atoms with Crippen LogP contribution >= 0.6 is 37.7 Å². The number of thiol groups is 2. The van der Waals surface area contributed by atoms with E-state index in [1.54, 1.807) is 12.1 Å². The minimum Gasteiger partial charge on any atom is -0.506 e. The van der Waals surface area contributed by atoms with E-state index in [0.717, 1.165) is 12.0 Å². The third kappa shape index (κ3) is 3.31. The molecule has 1 aromatic carbocycles. The van der Waals surface area contributed by atoms with Crippen LogP contribution in [0.4, 0.5) is 0 Å². The SMILES string of the molecule is Cl.NCCc1cc(S)c(O)c(S)c1. The molecule has 2 nitrogen and oxygen atoms in total. The molecule has 0 atom stereocenters. The summed E-state index contributed by atoms with van der Waals surface area (Å²) in [4.78, 5) is 1.09. The first-order chi connectivity index (χ1) is 5.65. The van der Waals surface area contributed by atoms with Crippen molar-refractivity contribution in [3.8, 4) is 5.75 Å². The van der Waals surface area contributed by atoms with Crippen molar-refractivity contribution in [1.29, 1.82) is 0 Å². The molecule has 0 radical (unpaired) electrons. The Morgan fingerprint density at radius 3 is 2.08 bits per heavy atom. The van der Waals surface area contributed by atoms with Crippen molar-refractivity contribution < 1.29 is 5.11 Å². The molecule has 3 N–H and O–H groups in total. The van der Waals surface area contributed by atoms with Gasteiger partial charge in [0.25, 0.3) is 0 Å². The molecule has 0 bridgehead atoms. The molecule has 0 aliphatic heterocycles. The molecular weight excluding hydrogens is 226 g/mol. The summed E-state index contributed by atoms with van der Waals surface area (Å²) in [6, 6.07) is 3.59. The molecule has 0 amide bonds. The fourth-order valence-corrected chi connectivity index (χ4v) is 1.63. The highest BCUT2D eigenvalue weighted by molar-refractivity contribution is 7.81. The summed E-state index contributed by atoms with van der Waals surface area (Å²) in [6.07, 6.45) is 0.779. The third-order valence-corrected chi connectivity index (χ3v) is 2.24. The number of halogens is 1. The Balaban J connectivity index is 0.00000144. The highest BCUT2D eigenvalue weighted by atomic mass is 35.5. The Bertz CT molecular complexity index is 270. The van der Waals surface area contributed by atoms with Crippen LogP contribution in [0.3, 0.4) is 0 Å². The molecule has 5 heteroatoms. The van der Waals surface area contributed by atoms with Gasteiger partial charge in [0.05, 0.1) is 0 Å². The summed E-state index contributed by atoms with van der Waals surface area (Å²) in [5, 5.41) is 9.31. The van der Waals surface area contributed by atoms with Gasteiger partial charge in [0.1, 0.15) is 5.75 Å². The summed E-state index contributed by atoms with van der Waals surface area (Å²) in [5.74, 6) is 0.127. The van der Waals surface area contributed by atoms with Gasteiger partial charge in [-0.05, 0) is 30.7 Å².